The van der Waals surface area contributed by atoms with E-state index in [4.69, 9.17) is 4.74 Å². The van der Waals surface area contributed by atoms with Crippen molar-refractivity contribution < 1.29 is 4.74 Å². The molecule has 0 aliphatic carbocycles. The highest BCUT2D eigenvalue weighted by Gasteiger charge is 2.02. The summed E-state index contributed by atoms with van der Waals surface area (Å²) in [5, 5.41) is 6.67. The topological polar surface area (TPSA) is 45.7 Å². The fourth-order valence-electron chi connectivity index (χ4n) is 1.99. The summed E-state index contributed by atoms with van der Waals surface area (Å²) in [5.41, 5.74) is 2.40. The average Bonchev–Trinajstić information content (AvgIpc) is 2.46. The minimum Gasteiger partial charge on any atom is -0.380 e. The maximum atomic E-state index is 5.23. The number of guanidine groups is 1. The zero-order valence-electron chi connectivity index (χ0n) is 13.8. The van der Waals surface area contributed by atoms with Crippen LogP contribution in [-0.4, -0.2) is 26.2 Å². The highest BCUT2D eigenvalue weighted by molar-refractivity contribution is 5.79. The highest BCUT2D eigenvalue weighted by Crippen LogP contribution is 2.11. The van der Waals surface area contributed by atoms with Crippen molar-refractivity contribution in [2.75, 3.05) is 20.2 Å². The van der Waals surface area contributed by atoms with Crippen molar-refractivity contribution in [3.05, 3.63) is 35.4 Å². The number of rotatable bonds is 8. The molecule has 1 aromatic rings. The molecule has 0 aliphatic heterocycles. The molecule has 0 spiro atoms. The Morgan fingerprint density at radius 1 is 1.19 bits per heavy atom. The zero-order valence-corrected chi connectivity index (χ0v) is 13.8. The molecule has 0 unspecified atom stereocenters. The van der Waals surface area contributed by atoms with Crippen LogP contribution in [0, 0.1) is 5.92 Å². The molecule has 0 saturated carbocycles. The van der Waals surface area contributed by atoms with Crippen LogP contribution in [0.3, 0.4) is 0 Å². The van der Waals surface area contributed by atoms with Crippen LogP contribution in [0.2, 0.25) is 0 Å². The predicted octanol–water partition coefficient (Wildman–Crippen LogP) is 2.93. The summed E-state index contributed by atoms with van der Waals surface area (Å²) in [7, 11) is 1.72. The minimum absolute atomic E-state index is 0.628. The van der Waals surface area contributed by atoms with Crippen LogP contribution in [0.15, 0.2) is 29.3 Å². The second-order valence-electron chi connectivity index (χ2n) is 5.51. The lowest BCUT2D eigenvalue weighted by molar-refractivity contribution is 0.184. The molecule has 118 valence electrons. The van der Waals surface area contributed by atoms with E-state index < -0.39 is 0 Å². The molecular weight excluding hydrogens is 262 g/mol. The molecule has 0 amide bonds. The lowest BCUT2D eigenvalue weighted by Crippen LogP contribution is -2.38. The van der Waals surface area contributed by atoms with Gasteiger partial charge in [-0.05, 0) is 30.4 Å². The largest absolute Gasteiger partial charge is 0.380 e. The molecule has 0 saturated heterocycles. The van der Waals surface area contributed by atoms with Gasteiger partial charge in [-0.15, -0.1) is 0 Å². The van der Waals surface area contributed by atoms with Crippen molar-refractivity contribution in [3.63, 3.8) is 0 Å². The fourth-order valence-corrected chi connectivity index (χ4v) is 1.99. The summed E-state index contributed by atoms with van der Waals surface area (Å²) in [6.07, 6.45) is 1.14. The third-order valence-electron chi connectivity index (χ3n) is 3.18. The van der Waals surface area contributed by atoms with Crippen LogP contribution in [0.25, 0.3) is 0 Å². The number of aliphatic imine (C=N–C) groups is 1. The second-order valence-corrected chi connectivity index (χ2v) is 5.51. The van der Waals surface area contributed by atoms with Crippen LogP contribution >= 0.6 is 0 Å². The predicted molar refractivity (Wildman–Crippen MR) is 89.4 cm³/mol. The van der Waals surface area contributed by atoms with Gasteiger partial charge in [-0.1, -0.05) is 38.1 Å². The second kappa shape index (κ2) is 10.2. The summed E-state index contributed by atoms with van der Waals surface area (Å²) in [5.74, 6) is 1.58. The highest BCUT2D eigenvalue weighted by atomic mass is 16.5. The van der Waals surface area contributed by atoms with Crippen LogP contribution in [0.5, 0.6) is 0 Å². The van der Waals surface area contributed by atoms with Gasteiger partial charge >= 0.3 is 0 Å². The van der Waals surface area contributed by atoms with Crippen molar-refractivity contribution in [1.29, 1.82) is 0 Å². The minimum atomic E-state index is 0.628. The Morgan fingerprint density at radius 2 is 1.90 bits per heavy atom. The molecule has 4 nitrogen and oxygen atoms in total. The Hall–Kier alpha value is -1.55. The van der Waals surface area contributed by atoms with Crippen molar-refractivity contribution in [1.82, 2.24) is 10.6 Å². The molecule has 1 rings (SSSR count). The first-order valence-corrected chi connectivity index (χ1v) is 7.75. The molecule has 0 bridgehead atoms. The van der Waals surface area contributed by atoms with Gasteiger partial charge in [0, 0.05) is 20.2 Å². The van der Waals surface area contributed by atoms with E-state index in [0.29, 0.717) is 19.1 Å². The summed E-state index contributed by atoms with van der Waals surface area (Å²) in [4.78, 5) is 4.66. The Labute approximate surface area is 129 Å². The molecule has 0 heterocycles. The quantitative estimate of drug-likeness (QED) is 0.572. The van der Waals surface area contributed by atoms with Gasteiger partial charge in [-0.3, -0.25) is 0 Å². The van der Waals surface area contributed by atoms with Gasteiger partial charge in [-0.25, -0.2) is 4.99 Å². The summed E-state index contributed by atoms with van der Waals surface area (Å²) < 4.78 is 5.23. The fraction of sp³-hybridized carbons (Fsp3) is 0.588. The molecular formula is C17H29N3O. The first-order chi connectivity index (χ1) is 10.2. The van der Waals surface area contributed by atoms with Gasteiger partial charge < -0.3 is 15.4 Å². The summed E-state index contributed by atoms with van der Waals surface area (Å²) >= 11 is 0. The number of benzene rings is 1. The zero-order chi connectivity index (χ0) is 15.5. The molecule has 1 aromatic carbocycles. The third-order valence-corrected chi connectivity index (χ3v) is 3.18. The van der Waals surface area contributed by atoms with Gasteiger partial charge in [0.2, 0.25) is 0 Å². The standard InChI is InChI=1S/C17H29N3O/c1-5-18-17(19-11-10-14(2)3)20-12-15-8-6-7-9-16(15)13-21-4/h6-9,14H,5,10-13H2,1-4H3,(H2,18,19,20). The Balaban J connectivity index is 2.64. The average molecular weight is 291 g/mol. The number of ether oxygens (including phenoxy) is 1. The smallest absolute Gasteiger partial charge is 0.191 e. The lowest BCUT2D eigenvalue weighted by atomic mass is 10.1. The number of nitrogens with zero attached hydrogens (tertiary/aromatic N) is 1. The summed E-state index contributed by atoms with van der Waals surface area (Å²) in [6, 6.07) is 8.28. The van der Waals surface area contributed by atoms with Gasteiger partial charge in [-0.2, -0.15) is 0 Å². The van der Waals surface area contributed by atoms with E-state index in [2.05, 4.69) is 48.5 Å². The van der Waals surface area contributed by atoms with Crippen molar-refractivity contribution in [2.24, 2.45) is 10.9 Å². The lowest BCUT2D eigenvalue weighted by Gasteiger charge is -2.13. The molecule has 4 heteroatoms. The van der Waals surface area contributed by atoms with E-state index in [0.717, 1.165) is 25.5 Å². The van der Waals surface area contributed by atoms with Crippen molar-refractivity contribution in [3.8, 4) is 0 Å². The number of methoxy groups -OCH3 is 1. The van der Waals surface area contributed by atoms with Crippen LogP contribution in [0.4, 0.5) is 0 Å². The van der Waals surface area contributed by atoms with Crippen LogP contribution in [-0.2, 0) is 17.9 Å². The van der Waals surface area contributed by atoms with Crippen molar-refractivity contribution in [2.45, 2.75) is 40.3 Å². The number of nitrogens with one attached hydrogen (secondary N) is 2. The number of hydrogen-bond donors (Lipinski definition) is 2. The third kappa shape index (κ3) is 7.14. The van der Waals surface area contributed by atoms with E-state index in [1.807, 2.05) is 12.1 Å². The summed E-state index contributed by atoms with van der Waals surface area (Å²) in [6.45, 7) is 9.65. The van der Waals surface area contributed by atoms with E-state index in [-0.39, 0.29) is 0 Å². The van der Waals surface area contributed by atoms with Crippen LogP contribution < -0.4 is 10.6 Å². The first kappa shape index (κ1) is 17.5. The Kier molecular flexibility index (Phi) is 8.51. The molecule has 0 fully saturated rings. The van der Waals surface area contributed by atoms with E-state index >= 15 is 0 Å². The van der Waals surface area contributed by atoms with Gasteiger partial charge in [0.1, 0.15) is 0 Å². The molecule has 21 heavy (non-hydrogen) atoms. The van der Waals surface area contributed by atoms with E-state index in [1.165, 1.54) is 11.1 Å². The SMILES string of the molecule is CCNC(=NCc1ccccc1COC)NCCC(C)C. The van der Waals surface area contributed by atoms with Crippen molar-refractivity contribution >= 4 is 5.96 Å². The maximum Gasteiger partial charge on any atom is 0.191 e. The maximum absolute atomic E-state index is 5.23. The van der Waals surface area contributed by atoms with Gasteiger partial charge in [0.25, 0.3) is 0 Å². The number of hydrogen-bond acceptors (Lipinski definition) is 2. The van der Waals surface area contributed by atoms with E-state index in [1.54, 1.807) is 7.11 Å². The molecule has 0 aliphatic rings. The Bertz CT molecular complexity index is 430. The molecule has 0 aromatic heterocycles. The van der Waals surface area contributed by atoms with Gasteiger partial charge in [0.15, 0.2) is 5.96 Å². The van der Waals surface area contributed by atoms with Crippen LogP contribution in [0.1, 0.15) is 38.3 Å². The molecule has 0 atom stereocenters. The first-order valence-electron chi connectivity index (χ1n) is 7.75. The monoisotopic (exact) mass is 291 g/mol. The Morgan fingerprint density at radius 3 is 2.52 bits per heavy atom. The van der Waals surface area contributed by atoms with E-state index in [9.17, 15) is 0 Å². The molecule has 0 radical (unpaired) electrons. The molecule has 2 N–H and O–H groups in total. The van der Waals surface area contributed by atoms with Gasteiger partial charge in [0.05, 0.1) is 13.2 Å². The normalized spacial score (nSPS) is 11.8.